The zero-order valence-electron chi connectivity index (χ0n) is 20.4. The van der Waals surface area contributed by atoms with Crippen LogP contribution in [0.1, 0.15) is 91.9 Å². The molecule has 2 aliphatic heterocycles. The monoisotopic (exact) mass is 558 g/mol. The first-order chi connectivity index (χ1) is 15.3. The van der Waals surface area contributed by atoms with Gasteiger partial charge in [-0.15, -0.1) is 0 Å². The van der Waals surface area contributed by atoms with Gasteiger partial charge in [-0.3, -0.25) is 4.79 Å². The van der Waals surface area contributed by atoms with Crippen LogP contribution in [0.2, 0.25) is 0 Å². The second-order valence-corrected chi connectivity index (χ2v) is 11.9. The minimum absolute atomic E-state index is 0.00720. The molecule has 182 valence electrons. The molecule has 3 aliphatic rings. The standard InChI is InChI=1S/C27H43IO4/c1-5-7-9-10-11-13-14-19-16-22(28)26-21(18-25(29)30-26)20(19)17-24-23(15-12-8-6-2)31-27(3,4)32-24/h5-8,19-24,26H,9-18H2,1-4H3/b7-5+,8-6+/t19-,20+,21-,22-,23+,24+,26-/m1/s1. The fourth-order valence-electron chi connectivity index (χ4n) is 6.04. The molecule has 3 fully saturated rings. The van der Waals surface area contributed by atoms with Crippen molar-refractivity contribution in [1.82, 2.24) is 0 Å². The number of esters is 1. The van der Waals surface area contributed by atoms with Crippen molar-refractivity contribution in [1.29, 1.82) is 0 Å². The Morgan fingerprint density at radius 3 is 2.47 bits per heavy atom. The van der Waals surface area contributed by atoms with Crippen LogP contribution in [0.3, 0.4) is 0 Å². The summed E-state index contributed by atoms with van der Waals surface area (Å²) in [6, 6.07) is 0. The zero-order valence-corrected chi connectivity index (χ0v) is 22.6. The third-order valence-electron chi connectivity index (χ3n) is 7.46. The number of carbonyl (C=O) groups excluding carboxylic acids is 1. The zero-order chi connectivity index (χ0) is 23.1. The van der Waals surface area contributed by atoms with E-state index >= 15 is 0 Å². The first kappa shape index (κ1) is 26.2. The number of halogens is 1. The van der Waals surface area contributed by atoms with E-state index < -0.39 is 5.79 Å². The molecule has 0 bridgehead atoms. The van der Waals surface area contributed by atoms with Gasteiger partial charge in [0, 0.05) is 9.84 Å². The van der Waals surface area contributed by atoms with Crippen molar-refractivity contribution in [2.24, 2.45) is 17.8 Å². The minimum atomic E-state index is -0.532. The van der Waals surface area contributed by atoms with Crippen LogP contribution < -0.4 is 0 Å². The van der Waals surface area contributed by atoms with Crippen molar-refractivity contribution in [3.63, 3.8) is 0 Å². The fourth-order valence-corrected chi connectivity index (χ4v) is 7.37. The van der Waals surface area contributed by atoms with E-state index in [-0.39, 0.29) is 24.3 Å². The molecule has 0 spiro atoms. The predicted octanol–water partition coefficient (Wildman–Crippen LogP) is 7.15. The van der Waals surface area contributed by atoms with Gasteiger partial charge in [-0.05, 0) is 78.1 Å². The molecule has 1 saturated carbocycles. The summed E-state index contributed by atoms with van der Waals surface area (Å²) in [7, 11) is 0. The Morgan fingerprint density at radius 2 is 1.72 bits per heavy atom. The number of alkyl halides is 1. The van der Waals surface area contributed by atoms with Crippen LogP contribution in [0.15, 0.2) is 24.3 Å². The van der Waals surface area contributed by atoms with E-state index in [0.29, 0.717) is 28.1 Å². The molecule has 0 aromatic heterocycles. The highest BCUT2D eigenvalue weighted by Crippen LogP contribution is 2.50. The molecule has 4 nitrogen and oxygen atoms in total. The fraction of sp³-hybridized carbons (Fsp3) is 0.815. The van der Waals surface area contributed by atoms with Crippen molar-refractivity contribution in [2.45, 2.75) is 120 Å². The number of hydrogen-bond acceptors (Lipinski definition) is 4. The Kier molecular flexibility index (Phi) is 10.1. The second kappa shape index (κ2) is 12.3. The molecule has 0 aromatic carbocycles. The number of allylic oxidation sites excluding steroid dienone is 4. The number of unbranched alkanes of at least 4 members (excludes halogenated alkanes) is 3. The van der Waals surface area contributed by atoms with Crippen molar-refractivity contribution in [3.05, 3.63) is 24.3 Å². The lowest BCUT2D eigenvalue weighted by Crippen LogP contribution is -2.44. The first-order valence-electron chi connectivity index (χ1n) is 12.8. The van der Waals surface area contributed by atoms with E-state index in [1.807, 2.05) is 13.8 Å². The van der Waals surface area contributed by atoms with Gasteiger partial charge in [0.1, 0.15) is 6.10 Å². The summed E-state index contributed by atoms with van der Waals surface area (Å²) in [5.74, 6) is 0.898. The van der Waals surface area contributed by atoms with Gasteiger partial charge in [-0.1, -0.05) is 66.2 Å². The van der Waals surface area contributed by atoms with Gasteiger partial charge in [0.05, 0.1) is 18.6 Å². The number of rotatable bonds is 11. The maximum Gasteiger partial charge on any atom is 0.306 e. The van der Waals surface area contributed by atoms with E-state index in [0.717, 1.165) is 25.7 Å². The average Bonchev–Trinajstić information content (AvgIpc) is 3.26. The number of carbonyl (C=O) groups is 1. The molecule has 2 saturated heterocycles. The van der Waals surface area contributed by atoms with Gasteiger partial charge in [0.25, 0.3) is 0 Å². The summed E-state index contributed by atoms with van der Waals surface area (Å²) < 4.78 is 19.0. The van der Waals surface area contributed by atoms with Crippen LogP contribution in [0.4, 0.5) is 0 Å². The van der Waals surface area contributed by atoms with Gasteiger partial charge < -0.3 is 14.2 Å². The lowest BCUT2D eigenvalue weighted by molar-refractivity contribution is -0.149. The lowest BCUT2D eigenvalue weighted by atomic mass is 9.66. The van der Waals surface area contributed by atoms with Crippen LogP contribution in [-0.4, -0.2) is 34.0 Å². The van der Waals surface area contributed by atoms with Crippen LogP contribution in [0.5, 0.6) is 0 Å². The summed E-state index contributed by atoms with van der Waals surface area (Å²) >= 11 is 2.54. The summed E-state index contributed by atoms with van der Waals surface area (Å²) in [4.78, 5) is 12.3. The third-order valence-corrected chi connectivity index (χ3v) is 8.67. The molecule has 0 unspecified atom stereocenters. The molecule has 0 radical (unpaired) electrons. The summed E-state index contributed by atoms with van der Waals surface area (Å²) in [5.41, 5.74) is 0. The molecule has 3 rings (SSSR count). The van der Waals surface area contributed by atoms with Gasteiger partial charge >= 0.3 is 5.97 Å². The van der Waals surface area contributed by atoms with E-state index in [1.54, 1.807) is 0 Å². The number of ether oxygens (including phenoxy) is 3. The Hall–Kier alpha value is -0.400. The normalized spacial score (nSPS) is 36.8. The highest BCUT2D eigenvalue weighted by atomic mass is 127. The molecule has 0 N–H and O–H groups in total. The minimum Gasteiger partial charge on any atom is -0.461 e. The van der Waals surface area contributed by atoms with Crippen molar-refractivity contribution < 1.29 is 19.0 Å². The van der Waals surface area contributed by atoms with Crippen molar-refractivity contribution >= 4 is 28.6 Å². The number of fused-ring (bicyclic) bond motifs is 1. The quantitative estimate of drug-likeness (QED) is 0.0889. The van der Waals surface area contributed by atoms with Crippen LogP contribution in [0, 0.1) is 17.8 Å². The topological polar surface area (TPSA) is 44.8 Å². The van der Waals surface area contributed by atoms with Gasteiger partial charge in [0.2, 0.25) is 0 Å². The van der Waals surface area contributed by atoms with Gasteiger partial charge in [0.15, 0.2) is 5.79 Å². The smallest absolute Gasteiger partial charge is 0.306 e. The van der Waals surface area contributed by atoms with Gasteiger partial charge in [-0.2, -0.15) is 0 Å². The van der Waals surface area contributed by atoms with Crippen LogP contribution in [0.25, 0.3) is 0 Å². The van der Waals surface area contributed by atoms with Crippen LogP contribution >= 0.6 is 22.6 Å². The molecule has 7 atom stereocenters. The molecule has 0 aromatic rings. The van der Waals surface area contributed by atoms with E-state index in [2.05, 4.69) is 60.7 Å². The average molecular weight is 559 g/mol. The molecule has 32 heavy (non-hydrogen) atoms. The maximum atomic E-state index is 12.3. The molecule has 2 heterocycles. The molecule has 0 amide bonds. The highest BCUT2D eigenvalue weighted by Gasteiger charge is 2.52. The summed E-state index contributed by atoms with van der Waals surface area (Å²) in [5, 5.41) is 0. The third kappa shape index (κ3) is 7.05. The maximum absolute atomic E-state index is 12.3. The Balaban J connectivity index is 1.68. The largest absolute Gasteiger partial charge is 0.461 e. The van der Waals surface area contributed by atoms with Crippen molar-refractivity contribution in [2.75, 3.05) is 0 Å². The van der Waals surface area contributed by atoms with E-state index in [9.17, 15) is 4.79 Å². The lowest BCUT2D eigenvalue weighted by Gasteiger charge is -2.42. The van der Waals surface area contributed by atoms with Crippen LogP contribution in [-0.2, 0) is 19.0 Å². The SMILES string of the molecule is C/C=C/CCCCC[C@@H]1C[C@@H](I)[C@@H]2OC(=O)C[C@@H]2[C@H]1C[C@@H]1OC(C)(C)O[C@H]1CC/C=C/C. The van der Waals surface area contributed by atoms with E-state index in [1.165, 1.54) is 32.1 Å². The Labute approximate surface area is 209 Å². The Bertz CT molecular complexity index is 658. The van der Waals surface area contributed by atoms with Gasteiger partial charge in [-0.25, -0.2) is 0 Å². The van der Waals surface area contributed by atoms with E-state index in [4.69, 9.17) is 14.2 Å². The predicted molar refractivity (Wildman–Crippen MR) is 138 cm³/mol. The molecular weight excluding hydrogens is 515 g/mol. The second-order valence-electron chi connectivity index (χ2n) is 10.3. The number of hydrogen-bond donors (Lipinski definition) is 0. The molecule has 1 aliphatic carbocycles. The summed E-state index contributed by atoms with van der Waals surface area (Å²) in [6.45, 7) is 8.22. The first-order valence-corrected chi connectivity index (χ1v) is 14.0. The molecule has 5 heteroatoms. The van der Waals surface area contributed by atoms with Crippen molar-refractivity contribution in [3.8, 4) is 0 Å². The highest BCUT2D eigenvalue weighted by molar-refractivity contribution is 14.1. The Morgan fingerprint density at radius 1 is 1.00 bits per heavy atom. The summed E-state index contributed by atoms with van der Waals surface area (Å²) in [6.07, 6.45) is 20.0. The molecular formula is C27H43IO4.